The van der Waals surface area contributed by atoms with Crippen LogP contribution in [0.4, 0.5) is 0 Å². The number of benzene rings is 2. The molecule has 1 atom stereocenters. The van der Waals surface area contributed by atoms with Crippen LogP contribution in [0.1, 0.15) is 28.7 Å². The van der Waals surface area contributed by atoms with Crippen molar-refractivity contribution in [2.75, 3.05) is 6.61 Å². The molecule has 0 saturated carbocycles. The Morgan fingerprint density at radius 3 is 2.90 bits per heavy atom. The summed E-state index contributed by atoms with van der Waals surface area (Å²) in [4.78, 5) is 0. The number of aliphatic hydroxyl groups excluding tert-OH is 1. The van der Waals surface area contributed by atoms with Gasteiger partial charge in [-0.1, -0.05) is 36.4 Å². The highest BCUT2D eigenvalue weighted by atomic mass is 16.5. The molecule has 0 amide bonds. The van der Waals surface area contributed by atoms with Gasteiger partial charge in [0, 0.05) is 6.42 Å². The molecule has 1 heterocycles. The van der Waals surface area contributed by atoms with Gasteiger partial charge in [-0.2, -0.15) is 0 Å². The lowest BCUT2D eigenvalue weighted by molar-refractivity contribution is 0.165. The van der Waals surface area contributed by atoms with Gasteiger partial charge in [-0.25, -0.2) is 0 Å². The lowest BCUT2D eigenvalue weighted by atomic mass is 9.97. The first-order valence-electron chi connectivity index (χ1n) is 7.69. The quantitative estimate of drug-likeness (QED) is 0.910. The number of aliphatic hydroxyl groups is 1. The maximum Gasteiger partial charge on any atom is 0.122 e. The van der Waals surface area contributed by atoms with Gasteiger partial charge in [0.15, 0.2) is 0 Å². The highest BCUT2D eigenvalue weighted by molar-refractivity contribution is 5.39. The van der Waals surface area contributed by atoms with Crippen LogP contribution in [0.3, 0.4) is 0 Å². The van der Waals surface area contributed by atoms with Crippen molar-refractivity contribution in [1.29, 1.82) is 0 Å². The van der Waals surface area contributed by atoms with Gasteiger partial charge in [-0.15, -0.1) is 0 Å². The number of fused-ring (bicyclic) bond motifs is 1. The van der Waals surface area contributed by atoms with Crippen LogP contribution in [0.5, 0.6) is 5.75 Å². The van der Waals surface area contributed by atoms with Gasteiger partial charge in [0.25, 0.3) is 0 Å². The predicted octanol–water partition coefficient (Wildman–Crippen LogP) is 3.47. The van der Waals surface area contributed by atoms with Crippen LogP contribution in [-0.2, 0) is 19.3 Å². The summed E-state index contributed by atoms with van der Waals surface area (Å²) in [5.74, 6) is 1.03. The molecule has 1 unspecified atom stereocenters. The maximum atomic E-state index is 10.3. The molecule has 0 aromatic heterocycles. The van der Waals surface area contributed by atoms with Gasteiger partial charge >= 0.3 is 0 Å². The van der Waals surface area contributed by atoms with Crippen molar-refractivity contribution >= 4 is 0 Å². The van der Waals surface area contributed by atoms with Crippen LogP contribution in [0.15, 0.2) is 42.5 Å². The molecule has 2 nitrogen and oxygen atoms in total. The molecule has 0 spiro atoms. The molecule has 0 bridgehead atoms. The van der Waals surface area contributed by atoms with Crippen LogP contribution in [0.25, 0.3) is 0 Å². The molecule has 0 aliphatic carbocycles. The molecule has 21 heavy (non-hydrogen) atoms. The second-order valence-electron chi connectivity index (χ2n) is 5.86. The Morgan fingerprint density at radius 2 is 2.05 bits per heavy atom. The number of hydrogen-bond acceptors (Lipinski definition) is 2. The molecule has 0 fully saturated rings. The first-order chi connectivity index (χ1) is 10.2. The highest BCUT2D eigenvalue weighted by Gasteiger charge is 2.13. The fourth-order valence-corrected chi connectivity index (χ4v) is 2.92. The Balaban J connectivity index is 1.56. The number of ether oxygens (including phenoxy) is 1. The first kappa shape index (κ1) is 14.2. The van der Waals surface area contributed by atoms with E-state index in [0.29, 0.717) is 0 Å². The van der Waals surface area contributed by atoms with Gasteiger partial charge in [0.1, 0.15) is 5.75 Å². The summed E-state index contributed by atoms with van der Waals surface area (Å²) in [6.07, 6.45) is 3.18. The molecular weight excluding hydrogens is 260 g/mol. The molecular formula is C19H22O2. The van der Waals surface area contributed by atoms with E-state index in [-0.39, 0.29) is 6.10 Å². The second kappa shape index (κ2) is 6.31. The average molecular weight is 282 g/mol. The summed E-state index contributed by atoms with van der Waals surface area (Å²) < 4.78 is 5.52. The van der Waals surface area contributed by atoms with E-state index in [1.165, 1.54) is 22.3 Å². The summed E-state index contributed by atoms with van der Waals surface area (Å²) in [5.41, 5.74) is 5.10. The average Bonchev–Trinajstić information content (AvgIpc) is 2.95. The van der Waals surface area contributed by atoms with E-state index in [9.17, 15) is 5.11 Å². The van der Waals surface area contributed by atoms with Crippen molar-refractivity contribution in [3.63, 3.8) is 0 Å². The minimum absolute atomic E-state index is 0.282. The SMILES string of the molecule is Cc1ccccc1CC(O)CCc1ccc2c(c1)CCO2. The topological polar surface area (TPSA) is 29.5 Å². The highest BCUT2D eigenvalue weighted by Crippen LogP contribution is 2.26. The third-order valence-electron chi connectivity index (χ3n) is 4.24. The van der Waals surface area contributed by atoms with Crippen molar-refractivity contribution in [3.8, 4) is 5.75 Å². The number of rotatable bonds is 5. The monoisotopic (exact) mass is 282 g/mol. The van der Waals surface area contributed by atoms with Crippen LogP contribution >= 0.6 is 0 Å². The maximum absolute atomic E-state index is 10.3. The molecule has 3 rings (SSSR count). The standard InChI is InChI=1S/C19H22O2/c1-14-4-2-3-5-16(14)13-18(20)8-6-15-7-9-19-17(12-15)10-11-21-19/h2-5,7,9,12,18,20H,6,8,10-11,13H2,1H3. The molecule has 1 aliphatic rings. The van der Waals surface area contributed by atoms with E-state index in [4.69, 9.17) is 4.74 Å². The van der Waals surface area contributed by atoms with E-state index >= 15 is 0 Å². The summed E-state index contributed by atoms with van der Waals surface area (Å²) in [7, 11) is 0. The Morgan fingerprint density at radius 1 is 1.19 bits per heavy atom. The van der Waals surface area contributed by atoms with E-state index in [1.807, 2.05) is 12.1 Å². The van der Waals surface area contributed by atoms with Gasteiger partial charge in [0.05, 0.1) is 12.7 Å². The second-order valence-corrected chi connectivity index (χ2v) is 5.86. The zero-order valence-corrected chi connectivity index (χ0v) is 12.5. The van der Waals surface area contributed by atoms with Gasteiger partial charge < -0.3 is 9.84 Å². The third kappa shape index (κ3) is 3.45. The lowest BCUT2D eigenvalue weighted by Gasteiger charge is -2.13. The van der Waals surface area contributed by atoms with E-state index in [0.717, 1.165) is 38.0 Å². The lowest BCUT2D eigenvalue weighted by Crippen LogP contribution is -2.12. The molecule has 0 radical (unpaired) electrons. The zero-order valence-electron chi connectivity index (χ0n) is 12.5. The minimum atomic E-state index is -0.282. The van der Waals surface area contributed by atoms with Gasteiger partial charge in [-0.05, 0) is 54.5 Å². The molecule has 0 saturated heterocycles. The molecule has 1 N–H and O–H groups in total. The molecule has 2 aromatic rings. The molecule has 2 heteroatoms. The van der Waals surface area contributed by atoms with Crippen molar-refractivity contribution in [2.45, 2.75) is 38.7 Å². The predicted molar refractivity (Wildman–Crippen MR) is 84.9 cm³/mol. The van der Waals surface area contributed by atoms with Gasteiger partial charge in [-0.3, -0.25) is 0 Å². The zero-order chi connectivity index (χ0) is 14.7. The van der Waals surface area contributed by atoms with Crippen molar-refractivity contribution in [2.24, 2.45) is 0 Å². The molecule has 2 aromatic carbocycles. The smallest absolute Gasteiger partial charge is 0.122 e. The Labute approximate surface area is 126 Å². The fraction of sp³-hybridized carbons (Fsp3) is 0.368. The molecule has 110 valence electrons. The molecule has 1 aliphatic heterocycles. The van der Waals surface area contributed by atoms with Crippen molar-refractivity contribution in [1.82, 2.24) is 0 Å². The largest absolute Gasteiger partial charge is 0.493 e. The van der Waals surface area contributed by atoms with Gasteiger partial charge in [0.2, 0.25) is 0 Å². The minimum Gasteiger partial charge on any atom is -0.493 e. The fourth-order valence-electron chi connectivity index (χ4n) is 2.92. The number of hydrogen-bond donors (Lipinski definition) is 1. The van der Waals surface area contributed by atoms with Crippen LogP contribution in [0.2, 0.25) is 0 Å². The Hall–Kier alpha value is -1.80. The van der Waals surface area contributed by atoms with Crippen LogP contribution < -0.4 is 4.74 Å². The summed E-state index contributed by atoms with van der Waals surface area (Å²) in [6, 6.07) is 14.7. The Kier molecular flexibility index (Phi) is 4.26. The van der Waals surface area contributed by atoms with Crippen molar-refractivity contribution < 1.29 is 9.84 Å². The van der Waals surface area contributed by atoms with E-state index in [2.05, 4.69) is 37.3 Å². The normalized spacial score (nSPS) is 14.6. The summed E-state index contributed by atoms with van der Waals surface area (Å²) in [5, 5.41) is 10.3. The Bertz CT molecular complexity index is 619. The van der Waals surface area contributed by atoms with Crippen LogP contribution in [-0.4, -0.2) is 17.8 Å². The first-order valence-corrected chi connectivity index (χ1v) is 7.69. The third-order valence-corrected chi connectivity index (χ3v) is 4.24. The van der Waals surface area contributed by atoms with Crippen molar-refractivity contribution in [3.05, 3.63) is 64.7 Å². The van der Waals surface area contributed by atoms with E-state index in [1.54, 1.807) is 0 Å². The summed E-state index contributed by atoms with van der Waals surface area (Å²) in [6.45, 7) is 2.90. The van der Waals surface area contributed by atoms with E-state index < -0.39 is 0 Å². The van der Waals surface area contributed by atoms with Crippen LogP contribution in [0, 0.1) is 6.92 Å². The summed E-state index contributed by atoms with van der Waals surface area (Å²) >= 11 is 0. The number of aryl methyl sites for hydroxylation is 2.